The minimum Gasteiger partial charge on any atom is -0.467 e. The molecule has 2 aromatic carbocycles. The molecule has 0 fully saturated rings. The van der Waals surface area contributed by atoms with E-state index >= 15 is 0 Å². The molecule has 0 saturated heterocycles. The number of hydrogen-bond donors (Lipinski definition) is 3. The lowest BCUT2D eigenvalue weighted by Gasteiger charge is -2.12. The van der Waals surface area contributed by atoms with Gasteiger partial charge in [0.2, 0.25) is 0 Å². The van der Waals surface area contributed by atoms with E-state index in [2.05, 4.69) is 21.8 Å². The number of carbonyl (C=O) groups excluding carboxylic acids is 2. The number of halogens is 1. The monoisotopic (exact) mass is 418 g/mol. The van der Waals surface area contributed by atoms with Gasteiger partial charge >= 0.3 is 11.9 Å². The predicted octanol–water partition coefficient (Wildman–Crippen LogP) is 2.13. The van der Waals surface area contributed by atoms with Crippen molar-refractivity contribution in [1.82, 2.24) is 5.48 Å². The summed E-state index contributed by atoms with van der Waals surface area (Å²) in [5.74, 6) is -1.14. The Morgan fingerprint density at radius 2 is 1.79 bits per heavy atom. The van der Waals surface area contributed by atoms with Gasteiger partial charge in [-0.1, -0.05) is 24.2 Å². The molecule has 0 radical (unpaired) electrons. The van der Waals surface area contributed by atoms with E-state index in [9.17, 15) is 9.59 Å². The molecule has 0 heterocycles. The van der Waals surface area contributed by atoms with Crippen LogP contribution in [0.4, 0.5) is 5.69 Å². The average molecular weight is 419 g/mol. The van der Waals surface area contributed by atoms with Crippen molar-refractivity contribution >= 4 is 40.9 Å². The number of esters is 2. The molecule has 9 nitrogen and oxygen atoms in total. The summed E-state index contributed by atoms with van der Waals surface area (Å²) < 4.78 is 9.82. The van der Waals surface area contributed by atoms with Crippen LogP contribution in [0, 0.1) is 0 Å². The second kappa shape index (κ2) is 10.1. The third-order valence-electron chi connectivity index (χ3n) is 3.46. The van der Waals surface area contributed by atoms with Crippen molar-refractivity contribution in [3.8, 4) is 5.75 Å². The van der Waals surface area contributed by atoms with Gasteiger partial charge in [-0.25, -0.2) is 14.6 Å². The zero-order chi connectivity index (χ0) is 21.4. The highest BCUT2D eigenvalue weighted by atomic mass is 35.5. The molecule has 0 saturated carbocycles. The molecule has 0 aromatic heterocycles. The first kappa shape index (κ1) is 21.7. The number of ether oxygens (including phenoxy) is 2. The number of hydroxylamine groups is 1. The second-order valence-corrected chi connectivity index (χ2v) is 5.97. The van der Waals surface area contributed by atoms with Gasteiger partial charge in [-0.15, -0.1) is 0 Å². The van der Waals surface area contributed by atoms with Crippen molar-refractivity contribution in [2.75, 3.05) is 13.7 Å². The number of benzene rings is 2. The summed E-state index contributed by atoms with van der Waals surface area (Å²) in [7, 11) is 1.24. The van der Waals surface area contributed by atoms with Gasteiger partial charge in [0.1, 0.15) is 5.75 Å². The topological polar surface area (TPSA) is 138 Å². The second-order valence-electron chi connectivity index (χ2n) is 5.56. The molecule has 0 atom stereocenters. The predicted molar refractivity (Wildman–Crippen MR) is 108 cm³/mol. The Labute approximate surface area is 171 Å². The van der Waals surface area contributed by atoms with E-state index in [-0.39, 0.29) is 28.9 Å². The Morgan fingerprint density at radius 3 is 2.41 bits per heavy atom. The van der Waals surface area contributed by atoms with Crippen molar-refractivity contribution in [1.29, 1.82) is 0 Å². The fraction of sp³-hybridized carbons (Fsp3) is 0.105. The molecule has 2 rings (SSSR count). The number of nitrogens with one attached hydrogen (secondary N) is 1. The highest BCUT2D eigenvalue weighted by Crippen LogP contribution is 2.28. The van der Waals surface area contributed by atoms with Gasteiger partial charge in [0, 0.05) is 5.56 Å². The maximum atomic E-state index is 12.4. The molecular formula is C19H19ClN4O5. The number of nitrogens with zero attached hydrogens (tertiary/aromatic N) is 1. The number of guanidine groups is 1. The SMILES string of the molecule is C=C(NOCC(=O)OC)c1ccc(Cl)c(OC(=O)c2ccc(N=C(N)N)cc2)c1. The molecule has 0 aliphatic carbocycles. The van der Waals surface area contributed by atoms with E-state index in [1.807, 2.05) is 0 Å². The van der Waals surface area contributed by atoms with E-state index in [1.54, 1.807) is 18.2 Å². The van der Waals surface area contributed by atoms with Crippen molar-refractivity contribution in [3.05, 3.63) is 65.2 Å². The van der Waals surface area contributed by atoms with Crippen molar-refractivity contribution in [3.63, 3.8) is 0 Å². The summed E-state index contributed by atoms with van der Waals surface area (Å²) in [5.41, 5.74) is 14.8. The third kappa shape index (κ3) is 6.52. The maximum absolute atomic E-state index is 12.4. The molecular weight excluding hydrogens is 400 g/mol. The lowest BCUT2D eigenvalue weighted by Crippen LogP contribution is -2.21. The Bertz CT molecular complexity index is 940. The fourth-order valence-corrected chi connectivity index (χ4v) is 2.21. The molecule has 5 N–H and O–H groups in total. The van der Waals surface area contributed by atoms with Crippen LogP contribution in [-0.4, -0.2) is 31.6 Å². The first-order valence-corrected chi connectivity index (χ1v) is 8.53. The van der Waals surface area contributed by atoms with Gasteiger partial charge in [0.05, 0.1) is 29.1 Å². The minimum atomic E-state index is -0.624. The normalized spacial score (nSPS) is 10.0. The van der Waals surface area contributed by atoms with E-state index in [0.717, 1.165) is 0 Å². The van der Waals surface area contributed by atoms with Gasteiger partial charge in [-0.05, 0) is 36.4 Å². The Morgan fingerprint density at radius 1 is 1.14 bits per heavy atom. The van der Waals surface area contributed by atoms with Crippen molar-refractivity contribution in [2.45, 2.75) is 0 Å². The van der Waals surface area contributed by atoms with Gasteiger partial charge in [-0.3, -0.25) is 10.3 Å². The largest absolute Gasteiger partial charge is 0.467 e. The van der Waals surface area contributed by atoms with E-state index in [0.29, 0.717) is 16.9 Å². The van der Waals surface area contributed by atoms with Crippen LogP contribution >= 0.6 is 11.6 Å². The van der Waals surface area contributed by atoms with Gasteiger partial charge in [0.15, 0.2) is 12.6 Å². The lowest BCUT2D eigenvalue weighted by atomic mass is 10.1. The number of carbonyl (C=O) groups is 2. The molecule has 0 bridgehead atoms. The van der Waals surface area contributed by atoms with Crippen LogP contribution in [0.1, 0.15) is 15.9 Å². The highest BCUT2D eigenvalue weighted by molar-refractivity contribution is 6.32. The van der Waals surface area contributed by atoms with Crippen LogP contribution < -0.4 is 21.7 Å². The first-order valence-electron chi connectivity index (χ1n) is 8.15. The summed E-state index contributed by atoms with van der Waals surface area (Å²) in [5, 5.41) is 0.225. The third-order valence-corrected chi connectivity index (χ3v) is 3.77. The number of nitrogens with two attached hydrogens (primary N) is 2. The Hall–Kier alpha value is -3.56. The molecule has 2 aromatic rings. The molecule has 0 unspecified atom stereocenters. The molecule has 10 heteroatoms. The van der Waals surface area contributed by atoms with Crippen LogP contribution in [0.3, 0.4) is 0 Å². The molecule has 152 valence electrons. The lowest BCUT2D eigenvalue weighted by molar-refractivity contribution is -0.147. The van der Waals surface area contributed by atoms with Crippen LogP contribution in [0.25, 0.3) is 5.70 Å². The van der Waals surface area contributed by atoms with Gasteiger partial charge in [0.25, 0.3) is 0 Å². The minimum absolute atomic E-state index is 0.0895. The van der Waals surface area contributed by atoms with E-state index < -0.39 is 11.9 Å². The summed E-state index contributed by atoms with van der Waals surface area (Å²) in [6.07, 6.45) is 0. The number of aliphatic imine (C=N–C) groups is 1. The summed E-state index contributed by atoms with van der Waals surface area (Å²) in [6, 6.07) is 10.9. The highest BCUT2D eigenvalue weighted by Gasteiger charge is 2.13. The first-order chi connectivity index (χ1) is 13.8. The molecule has 29 heavy (non-hydrogen) atoms. The van der Waals surface area contributed by atoms with Gasteiger partial charge < -0.3 is 20.9 Å². The van der Waals surface area contributed by atoms with Crippen LogP contribution in [0.15, 0.2) is 54.0 Å². The Kier molecular flexibility index (Phi) is 7.58. The number of methoxy groups -OCH3 is 1. The summed E-state index contributed by atoms with van der Waals surface area (Å²) in [6.45, 7) is 3.48. The van der Waals surface area contributed by atoms with E-state index in [4.69, 9.17) is 32.6 Å². The molecule has 0 aliphatic heterocycles. The zero-order valence-electron chi connectivity index (χ0n) is 15.5. The maximum Gasteiger partial charge on any atom is 0.343 e. The van der Waals surface area contributed by atoms with Crippen LogP contribution in [-0.2, 0) is 14.4 Å². The van der Waals surface area contributed by atoms with E-state index in [1.165, 1.54) is 31.4 Å². The van der Waals surface area contributed by atoms with Crippen molar-refractivity contribution < 1.29 is 23.9 Å². The fourth-order valence-electron chi connectivity index (χ4n) is 2.05. The number of rotatable bonds is 8. The van der Waals surface area contributed by atoms with Crippen LogP contribution in [0.5, 0.6) is 5.75 Å². The smallest absolute Gasteiger partial charge is 0.343 e. The standard InChI is InChI=1S/C19H19ClN4O5/c1-11(24-28-10-17(25)27-2)13-5-8-15(20)16(9-13)29-18(26)12-3-6-14(7-4-12)23-19(21)22/h3-9,24H,1,10H2,2H3,(H4,21,22,23). The van der Waals surface area contributed by atoms with Gasteiger partial charge in [-0.2, -0.15) is 0 Å². The van der Waals surface area contributed by atoms with Crippen molar-refractivity contribution in [2.24, 2.45) is 16.5 Å². The molecule has 0 aliphatic rings. The summed E-state index contributed by atoms with van der Waals surface area (Å²) in [4.78, 5) is 32.3. The van der Waals surface area contributed by atoms with Crippen LogP contribution in [0.2, 0.25) is 5.02 Å². The molecule has 0 amide bonds. The summed E-state index contributed by atoms with van der Waals surface area (Å²) >= 11 is 6.11. The number of hydrogen-bond acceptors (Lipinski definition) is 7. The quantitative estimate of drug-likeness (QED) is 0.195. The molecule has 0 spiro atoms. The Balaban J connectivity index is 2.07. The zero-order valence-corrected chi connectivity index (χ0v) is 16.2. The average Bonchev–Trinajstić information content (AvgIpc) is 2.69.